The first kappa shape index (κ1) is 19.5. The lowest BCUT2D eigenvalue weighted by molar-refractivity contribution is -0.149. The summed E-state index contributed by atoms with van der Waals surface area (Å²) in [5, 5.41) is 0. The van der Waals surface area contributed by atoms with Gasteiger partial charge in [-0.15, -0.1) is 0 Å². The molecule has 3 rings (SSSR count). The van der Waals surface area contributed by atoms with Crippen LogP contribution in [0.3, 0.4) is 0 Å². The van der Waals surface area contributed by atoms with Crippen LogP contribution in [0.1, 0.15) is 51.5 Å². The van der Waals surface area contributed by atoms with Crippen LogP contribution in [0.4, 0.5) is 5.69 Å². The molecule has 0 aliphatic carbocycles. The van der Waals surface area contributed by atoms with Crippen molar-refractivity contribution in [2.75, 3.05) is 24.6 Å². The highest BCUT2D eigenvalue weighted by atomic mass is 16.5. The molecule has 0 bridgehead atoms. The number of carbonyl (C=O) groups excluding carboxylic acids is 3. The summed E-state index contributed by atoms with van der Waals surface area (Å²) in [5.74, 6) is -0.176. The van der Waals surface area contributed by atoms with Crippen molar-refractivity contribution in [3.63, 3.8) is 0 Å². The number of benzene rings is 1. The minimum atomic E-state index is -0.426. The normalized spacial score (nSPS) is 21.9. The summed E-state index contributed by atoms with van der Waals surface area (Å²) >= 11 is 0. The quantitative estimate of drug-likeness (QED) is 0.587. The fourth-order valence-corrected chi connectivity index (χ4v) is 3.89. The second kappa shape index (κ2) is 8.21. The van der Waals surface area contributed by atoms with Crippen molar-refractivity contribution in [3.8, 4) is 0 Å². The van der Waals surface area contributed by atoms with E-state index in [0.29, 0.717) is 44.1 Å². The molecule has 1 aromatic rings. The van der Waals surface area contributed by atoms with Crippen molar-refractivity contribution >= 4 is 23.5 Å². The van der Waals surface area contributed by atoms with Gasteiger partial charge < -0.3 is 4.74 Å². The Hall–Kier alpha value is -2.21. The first-order chi connectivity index (χ1) is 12.9. The van der Waals surface area contributed by atoms with E-state index in [1.54, 1.807) is 6.92 Å². The number of esters is 1. The van der Waals surface area contributed by atoms with E-state index in [1.165, 1.54) is 10.5 Å². The molecule has 2 aliphatic heterocycles. The predicted octanol–water partition coefficient (Wildman–Crippen LogP) is 2.72. The zero-order valence-corrected chi connectivity index (χ0v) is 16.3. The van der Waals surface area contributed by atoms with Crippen LogP contribution in [0.25, 0.3) is 0 Å². The summed E-state index contributed by atoms with van der Waals surface area (Å²) in [5.41, 5.74) is 1.81. The van der Waals surface area contributed by atoms with E-state index in [-0.39, 0.29) is 30.1 Å². The minimum Gasteiger partial charge on any atom is -0.466 e. The van der Waals surface area contributed by atoms with Gasteiger partial charge in [-0.3, -0.25) is 19.3 Å². The number of imide groups is 1. The molecule has 1 atom stereocenters. The third-order valence-electron chi connectivity index (χ3n) is 5.53. The number of nitrogens with zero attached hydrogens (tertiary/aromatic N) is 2. The fraction of sp³-hybridized carbons (Fsp3) is 0.571. The van der Waals surface area contributed by atoms with Gasteiger partial charge in [0.2, 0.25) is 5.91 Å². The van der Waals surface area contributed by atoms with E-state index in [9.17, 15) is 14.4 Å². The molecule has 6 heteroatoms. The molecule has 0 N–H and O–H groups in total. The van der Waals surface area contributed by atoms with Crippen molar-refractivity contribution in [2.24, 2.45) is 5.92 Å². The van der Waals surface area contributed by atoms with Crippen molar-refractivity contribution in [2.45, 2.75) is 52.0 Å². The third-order valence-corrected chi connectivity index (χ3v) is 5.53. The van der Waals surface area contributed by atoms with Gasteiger partial charge in [0.15, 0.2) is 0 Å². The lowest BCUT2D eigenvalue weighted by Gasteiger charge is -2.33. The molecule has 2 saturated heterocycles. The lowest BCUT2D eigenvalue weighted by Crippen LogP contribution is -2.47. The molecule has 6 nitrogen and oxygen atoms in total. The van der Waals surface area contributed by atoms with Crippen molar-refractivity contribution < 1.29 is 19.1 Å². The van der Waals surface area contributed by atoms with Gasteiger partial charge in [0.05, 0.1) is 30.7 Å². The van der Waals surface area contributed by atoms with Crippen LogP contribution in [0.5, 0.6) is 0 Å². The van der Waals surface area contributed by atoms with E-state index in [1.807, 2.05) is 29.2 Å². The number of hydrogen-bond donors (Lipinski definition) is 0. The molecule has 2 fully saturated rings. The number of ether oxygens (including phenoxy) is 1. The molecular weight excluding hydrogens is 344 g/mol. The number of anilines is 1. The van der Waals surface area contributed by atoms with Gasteiger partial charge in [0.1, 0.15) is 0 Å². The highest BCUT2D eigenvalue weighted by molar-refractivity contribution is 6.22. The van der Waals surface area contributed by atoms with Crippen LogP contribution >= 0.6 is 0 Å². The van der Waals surface area contributed by atoms with E-state index in [4.69, 9.17) is 4.74 Å². The summed E-state index contributed by atoms with van der Waals surface area (Å²) in [6.45, 7) is 7.67. The molecule has 0 saturated carbocycles. The van der Waals surface area contributed by atoms with Crippen LogP contribution in [0.2, 0.25) is 0 Å². The standard InChI is InChI=1S/C21H28N2O4/c1-4-27-21(26)16-9-11-22(12-10-16)18-13-19(24)23(20(18)25)17-7-5-15(6-8-17)14(2)3/h5-8,14,16,18H,4,9-13H2,1-3H3/t18-/m0/s1. The average molecular weight is 372 g/mol. The van der Waals surface area contributed by atoms with Gasteiger partial charge >= 0.3 is 5.97 Å². The maximum Gasteiger partial charge on any atom is 0.309 e. The molecule has 2 aliphatic rings. The van der Waals surface area contributed by atoms with Crippen LogP contribution in [-0.2, 0) is 19.1 Å². The van der Waals surface area contributed by atoms with Gasteiger partial charge in [-0.2, -0.15) is 0 Å². The van der Waals surface area contributed by atoms with E-state index in [2.05, 4.69) is 13.8 Å². The van der Waals surface area contributed by atoms with Gasteiger partial charge in [0.25, 0.3) is 5.91 Å². The molecule has 1 aromatic carbocycles. The average Bonchev–Trinajstić information content (AvgIpc) is 2.96. The Kier molecular flexibility index (Phi) is 5.95. The summed E-state index contributed by atoms with van der Waals surface area (Å²) in [6, 6.07) is 7.21. The van der Waals surface area contributed by atoms with Crippen molar-refractivity contribution in [1.82, 2.24) is 4.90 Å². The maximum absolute atomic E-state index is 12.9. The molecule has 0 unspecified atom stereocenters. The fourth-order valence-electron chi connectivity index (χ4n) is 3.89. The number of amides is 2. The lowest BCUT2D eigenvalue weighted by atomic mass is 9.95. The van der Waals surface area contributed by atoms with Crippen LogP contribution < -0.4 is 4.90 Å². The zero-order valence-electron chi connectivity index (χ0n) is 16.3. The van der Waals surface area contributed by atoms with Crippen LogP contribution in [0.15, 0.2) is 24.3 Å². The summed E-state index contributed by atoms with van der Waals surface area (Å²) in [7, 11) is 0. The Morgan fingerprint density at radius 2 is 1.78 bits per heavy atom. The second-order valence-corrected chi connectivity index (χ2v) is 7.60. The van der Waals surface area contributed by atoms with Crippen LogP contribution in [-0.4, -0.2) is 48.4 Å². The Morgan fingerprint density at radius 1 is 1.15 bits per heavy atom. The first-order valence-corrected chi connectivity index (χ1v) is 9.79. The monoisotopic (exact) mass is 372 g/mol. The summed E-state index contributed by atoms with van der Waals surface area (Å²) < 4.78 is 5.09. The molecule has 0 aromatic heterocycles. The number of hydrogen-bond acceptors (Lipinski definition) is 5. The summed E-state index contributed by atoms with van der Waals surface area (Å²) in [6.07, 6.45) is 1.54. The molecule has 2 heterocycles. The molecule has 146 valence electrons. The summed E-state index contributed by atoms with van der Waals surface area (Å²) in [4.78, 5) is 40.7. The Balaban J connectivity index is 1.65. The zero-order chi connectivity index (χ0) is 19.6. The van der Waals surface area contributed by atoms with E-state index < -0.39 is 6.04 Å². The highest BCUT2D eigenvalue weighted by Gasteiger charge is 2.44. The van der Waals surface area contributed by atoms with Gasteiger partial charge in [0, 0.05) is 0 Å². The molecule has 0 spiro atoms. The number of carbonyl (C=O) groups is 3. The SMILES string of the molecule is CCOC(=O)C1CCN([C@H]2CC(=O)N(c3ccc(C(C)C)cc3)C2=O)CC1. The second-order valence-electron chi connectivity index (χ2n) is 7.60. The maximum atomic E-state index is 12.9. The number of piperidine rings is 1. The Morgan fingerprint density at radius 3 is 2.33 bits per heavy atom. The first-order valence-electron chi connectivity index (χ1n) is 9.79. The highest BCUT2D eigenvalue weighted by Crippen LogP contribution is 2.29. The van der Waals surface area contributed by atoms with E-state index >= 15 is 0 Å². The van der Waals surface area contributed by atoms with Gasteiger partial charge in [-0.1, -0.05) is 26.0 Å². The Bertz CT molecular complexity index is 705. The molecule has 27 heavy (non-hydrogen) atoms. The number of rotatable bonds is 5. The Labute approximate surface area is 160 Å². The molecule has 0 radical (unpaired) electrons. The minimum absolute atomic E-state index is 0.104. The topological polar surface area (TPSA) is 66.9 Å². The number of likely N-dealkylation sites (tertiary alicyclic amines) is 1. The molecule has 2 amide bonds. The smallest absolute Gasteiger partial charge is 0.309 e. The van der Waals surface area contributed by atoms with Crippen molar-refractivity contribution in [3.05, 3.63) is 29.8 Å². The van der Waals surface area contributed by atoms with Gasteiger partial charge in [-0.25, -0.2) is 4.90 Å². The molecular formula is C21H28N2O4. The van der Waals surface area contributed by atoms with E-state index in [0.717, 1.165) is 0 Å². The van der Waals surface area contributed by atoms with Crippen molar-refractivity contribution in [1.29, 1.82) is 0 Å². The largest absolute Gasteiger partial charge is 0.466 e. The van der Waals surface area contributed by atoms with Crippen LogP contribution in [0, 0.1) is 5.92 Å². The third kappa shape index (κ3) is 4.05. The van der Waals surface area contributed by atoms with Gasteiger partial charge in [-0.05, 0) is 56.5 Å². The predicted molar refractivity (Wildman–Crippen MR) is 102 cm³/mol.